The topological polar surface area (TPSA) is 99.4 Å². The highest BCUT2D eigenvalue weighted by Gasteiger charge is 2.25. The van der Waals surface area contributed by atoms with Gasteiger partial charge in [0.05, 0.1) is 12.1 Å². The molecule has 3 heterocycles. The van der Waals surface area contributed by atoms with E-state index in [-0.39, 0.29) is 6.61 Å². The van der Waals surface area contributed by atoms with Gasteiger partial charge in [-0.15, -0.1) is 0 Å². The molecule has 1 atom stereocenters. The van der Waals surface area contributed by atoms with E-state index in [0.717, 1.165) is 16.9 Å². The first-order valence-electron chi connectivity index (χ1n) is 8.10. The van der Waals surface area contributed by atoms with Crippen LogP contribution in [0.5, 0.6) is 11.5 Å². The first kappa shape index (κ1) is 16.1. The lowest BCUT2D eigenvalue weighted by atomic mass is 9.96. The van der Waals surface area contributed by atoms with E-state index in [1.807, 2.05) is 24.3 Å². The molecular formula is C18H16N4O4. The number of hydrogen-bond acceptors (Lipinski definition) is 6. The van der Waals surface area contributed by atoms with Crippen LogP contribution in [0.4, 0.5) is 0 Å². The van der Waals surface area contributed by atoms with Gasteiger partial charge in [-0.3, -0.25) is 4.79 Å². The molecule has 8 nitrogen and oxygen atoms in total. The number of aromatic nitrogens is 4. The molecule has 4 rings (SSSR count). The molecule has 2 aromatic heterocycles. The first-order chi connectivity index (χ1) is 12.7. The van der Waals surface area contributed by atoms with Crippen LogP contribution in [0.2, 0.25) is 0 Å². The molecule has 1 aliphatic rings. The predicted molar refractivity (Wildman–Crippen MR) is 90.3 cm³/mol. The summed E-state index contributed by atoms with van der Waals surface area (Å²) in [6.45, 7) is 0.559. The molecule has 0 radical (unpaired) electrons. The Morgan fingerprint density at radius 2 is 2.27 bits per heavy atom. The lowest BCUT2D eigenvalue weighted by Crippen LogP contribution is -2.27. The fraction of sp³-hybridized carbons (Fsp3) is 0.222. The lowest BCUT2D eigenvalue weighted by molar-refractivity contribution is -0.143. The van der Waals surface area contributed by atoms with Gasteiger partial charge < -0.3 is 14.6 Å². The second kappa shape index (κ2) is 6.83. The van der Waals surface area contributed by atoms with Crippen LogP contribution >= 0.6 is 0 Å². The third-order valence-electron chi connectivity index (χ3n) is 4.17. The van der Waals surface area contributed by atoms with Gasteiger partial charge in [0.25, 0.3) is 0 Å². The Kier molecular flexibility index (Phi) is 4.22. The average Bonchev–Trinajstić information content (AvgIpc) is 3.21. The number of pyridine rings is 1. The van der Waals surface area contributed by atoms with E-state index in [0.29, 0.717) is 24.6 Å². The largest absolute Gasteiger partial charge is 0.492 e. The minimum absolute atomic E-state index is 0.195. The van der Waals surface area contributed by atoms with E-state index in [1.165, 1.54) is 6.33 Å². The molecule has 0 aliphatic carbocycles. The smallest absolute Gasteiger partial charge is 0.310 e. The molecule has 0 amide bonds. The molecule has 8 heteroatoms. The summed E-state index contributed by atoms with van der Waals surface area (Å²) in [6, 6.07) is 9.33. The number of fused-ring (bicyclic) bond motifs is 1. The quantitative estimate of drug-likeness (QED) is 0.748. The summed E-state index contributed by atoms with van der Waals surface area (Å²) in [7, 11) is 0. The normalized spacial score (nSPS) is 15.8. The Morgan fingerprint density at radius 3 is 3.00 bits per heavy atom. The van der Waals surface area contributed by atoms with Gasteiger partial charge in [-0.2, -0.15) is 5.10 Å². The number of benzene rings is 1. The van der Waals surface area contributed by atoms with Crippen LogP contribution in [0.25, 0.3) is 5.82 Å². The molecule has 1 unspecified atom stereocenters. The molecule has 0 saturated heterocycles. The molecule has 0 spiro atoms. The van der Waals surface area contributed by atoms with Crippen LogP contribution in [0.1, 0.15) is 11.1 Å². The van der Waals surface area contributed by atoms with E-state index >= 15 is 0 Å². The minimum atomic E-state index is -0.829. The lowest BCUT2D eigenvalue weighted by Gasteiger charge is -2.23. The number of aliphatic carboxylic acids is 1. The van der Waals surface area contributed by atoms with Crippen molar-refractivity contribution in [2.75, 3.05) is 6.61 Å². The number of rotatable bonds is 5. The highest BCUT2D eigenvalue weighted by atomic mass is 16.5. The maximum absolute atomic E-state index is 11.1. The number of carbonyl (C=O) groups is 1. The van der Waals surface area contributed by atoms with E-state index in [4.69, 9.17) is 14.6 Å². The number of carboxylic acids is 1. The fourth-order valence-electron chi connectivity index (χ4n) is 2.75. The van der Waals surface area contributed by atoms with Gasteiger partial charge >= 0.3 is 5.97 Å². The van der Waals surface area contributed by atoms with E-state index in [2.05, 4.69) is 15.1 Å². The molecule has 26 heavy (non-hydrogen) atoms. The van der Waals surface area contributed by atoms with Crippen molar-refractivity contribution in [3.63, 3.8) is 0 Å². The Balaban J connectivity index is 1.40. The van der Waals surface area contributed by atoms with Crippen LogP contribution in [0, 0.1) is 5.92 Å². The Bertz CT molecular complexity index is 909. The van der Waals surface area contributed by atoms with Crippen molar-refractivity contribution < 1.29 is 19.4 Å². The van der Waals surface area contributed by atoms with Gasteiger partial charge in [-0.1, -0.05) is 12.1 Å². The maximum Gasteiger partial charge on any atom is 0.310 e. The van der Waals surface area contributed by atoms with E-state index in [9.17, 15) is 4.79 Å². The van der Waals surface area contributed by atoms with Crippen LogP contribution < -0.4 is 9.47 Å². The van der Waals surface area contributed by atoms with Crippen molar-refractivity contribution in [3.05, 3.63) is 60.3 Å². The summed E-state index contributed by atoms with van der Waals surface area (Å²) >= 11 is 0. The van der Waals surface area contributed by atoms with Gasteiger partial charge in [-0.25, -0.2) is 14.6 Å². The zero-order valence-electron chi connectivity index (χ0n) is 13.8. The van der Waals surface area contributed by atoms with Crippen molar-refractivity contribution in [2.45, 2.75) is 13.0 Å². The van der Waals surface area contributed by atoms with Gasteiger partial charge in [0, 0.05) is 0 Å². The van der Waals surface area contributed by atoms with Crippen LogP contribution in [-0.2, 0) is 17.8 Å². The molecule has 0 fully saturated rings. The van der Waals surface area contributed by atoms with Crippen molar-refractivity contribution in [1.82, 2.24) is 19.7 Å². The first-order valence-corrected chi connectivity index (χ1v) is 8.10. The average molecular weight is 352 g/mol. The monoisotopic (exact) mass is 352 g/mol. The molecule has 1 aromatic carbocycles. The third kappa shape index (κ3) is 3.34. The summed E-state index contributed by atoms with van der Waals surface area (Å²) in [5.41, 5.74) is 1.85. The van der Waals surface area contributed by atoms with Crippen molar-refractivity contribution in [1.29, 1.82) is 0 Å². The summed E-state index contributed by atoms with van der Waals surface area (Å²) < 4.78 is 12.9. The van der Waals surface area contributed by atoms with Gasteiger partial charge in [0.2, 0.25) is 0 Å². The fourth-order valence-corrected chi connectivity index (χ4v) is 2.75. The second-order valence-corrected chi connectivity index (χ2v) is 5.97. The van der Waals surface area contributed by atoms with Gasteiger partial charge in [0.15, 0.2) is 5.82 Å². The highest BCUT2D eigenvalue weighted by Crippen LogP contribution is 2.29. The molecular weight excluding hydrogens is 336 g/mol. The van der Waals surface area contributed by atoms with Crippen LogP contribution in [-0.4, -0.2) is 37.4 Å². The van der Waals surface area contributed by atoms with Crippen LogP contribution in [0.15, 0.2) is 49.2 Å². The third-order valence-corrected chi connectivity index (χ3v) is 4.17. The molecule has 3 aromatic rings. The summed E-state index contributed by atoms with van der Waals surface area (Å²) in [5.74, 6) is 0.704. The summed E-state index contributed by atoms with van der Waals surface area (Å²) in [6.07, 6.45) is 5.14. The van der Waals surface area contributed by atoms with Crippen molar-refractivity contribution in [2.24, 2.45) is 5.92 Å². The minimum Gasteiger partial charge on any atom is -0.492 e. The number of nitrogens with zero attached hydrogens (tertiary/aromatic N) is 4. The van der Waals surface area contributed by atoms with Crippen molar-refractivity contribution >= 4 is 5.97 Å². The number of carboxylic acid groups (broad SMARTS) is 1. The predicted octanol–water partition coefficient (Wildman–Crippen LogP) is 1.88. The summed E-state index contributed by atoms with van der Waals surface area (Å²) in [5, 5.41) is 13.1. The number of hydrogen-bond donors (Lipinski definition) is 1. The van der Waals surface area contributed by atoms with Crippen LogP contribution in [0.3, 0.4) is 0 Å². The van der Waals surface area contributed by atoms with Crippen molar-refractivity contribution in [3.8, 4) is 17.3 Å². The Morgan fingerprint density at radius 1 is 1.35 bits per heavy atom. The summed E-state index contributed by atoms with van der Waals surface area (Å²) in [4.78, 5) is 19.2. The van der Waals surface area contributed by atoms with E-state index in [1.54, 1.807) is 23.3 Å². The highest BCUT2D eigenvalue weighted by molar-refractivity contribution is 5.71. The molecule has 0 bridgehead atoms. The zero-order valence-corrected chi connectivity index (χ0v) is 13.8. The maximum atomic E-state index is 11.1. The number of ether oxygens (including phenoxy) is 2. The molecule has 132 valence electrons. The SMILES string of the molecule is O=C(O)C1COc2cc(COc3ccc(-n4cncn4)nc3)ccc2C1. The second-order valence-electron chi connectivity index (χ2n) is 5.97. The molecule has 1 aliphatic heterocycles. The molecule has 1 N–H and O–H groups in total. The van der Waals surface area contributed by atoms with E-state index < -0.39 is 11.9 Å². The van der Waals surface area contributed by atoms with Gasteiger partial charge in [0.1, 0.15) is 37.4 Å². The Labute approximate surface area is 149 Å². The zero-order chi connectivity index (χ0) is 17.9. The molecule has 0 saturated carbocycles. The standard InChI is InChI=1S/C18H16N4O4/c23-18(24)14-6-13-2-1-12(5-16(13)26-9-14)8-25-15-3-4-17(20-7-15)22-11-19-10-21-22/h1-5,7,10-11,14H,6,8-9H2,(H,23,24). The van der Waals surface area contributed by atoms with Gasteiger partial charge in [-0.05, 0) is 35.7 Å². The Hall–Kier alpha value is -3.42.